The number of aliphatic hydroxyl groups excluding tert-OH is 1. The topological polar surface area (TPSA) is 105 Å². The van der Waals surface area contributed by atoms with E-state index in [9.17, 15) is 19.5 Å². The van der Waals surface area contributed by atoms with Gasteiger partial charge >= 0.3 is 6.03 Å². The molecule has 0 aromatic heterocycles. The maximum atomic E-state index is 13.9. The summed E-state index contributed by atoms with van der Waals surface area (Å²) in [6.45, 7) is 12.9. The van der Waals surface area contributed by atoms with Crippen LogP contribution >= 0.6 is 0 Å². The van der Waals surface area contributed by atoms with E-state index in [1.54, 1.807) is 4.90 Å². The molecular weight excluding hydrogens is 544 g/mol. The van der Waals surface area contributed by atoms with Crippen LogP contribution in [0.15, 0.2) is 30.3 Å². The van der Waals surface area contributed by atoms with Gasteiger partial charge in [0.2, 0.25) is 0 Å². The highest BCUT2D eigenvalue weighted by molar-refractivity contribution is 5.90. The highest BCUT2D eigenvalue weighted by Crippen LogP contribution is 2.37. The number of hydrogen-bond acceptors (Lipinski definition) is 6. The standard InChI is InChI=1S/C35H56N2O6/c1-34(2,3)25-35(4,5)22-31(39)32(40)28(24-43-23-27-14-10-7-11-15-27)21-30(38)29(20-26-12-8-6-9-13-26)36-33(41)37-16-18-42-19-17-37/h7,10-11,14-15,26,28-29,32,40H,6,8-9,12-13,16-25H2,1-5H3,(H,36,41)/t28-,29-,32?/m0/s1. The Labute approximate surface area is 259 Å². The summed E-state index contributed by atoms with van der Waals surface area (Å²) < 4.78 is 11.4. The number of Topliss-reactive ketones (excluding diaryl/α,β-unsaturated/α-hetero) is 2. The molecule has 2 aliphatic rings. The number of carbonyl (C=O) groups is 3. The second-order valence-corrected chi connectivity index (χ2v) is 14.8. The molecule has 43 heavy (non-hydrogen) atoms. The Morgan fingerprint density at radius 1 is 1.00 bits per heavy atom. The van der Waals surface area contributed by atoms with Crippen molar-refractivity contribution in [2.45, 2.75) is 111 Å². The van der Waals surface area contributed by atoms with Gasteiger partial charge in [0.1, 0.15) is 6.10 Å². The molecular formula is C35H56N2O6. The van der Waals surface area contributed by atoms with Gasteiger partial charge in [0.15, 0.2) is 11.6 Å². The molecule has 1 saturated carbocycles. The fourth-order valence-electron chi connectivity index (χ4n) is 6.94. The number of carbonyl (C=O) groups excluding carboxylic acids is 3. The number of rotatable bonds is 15. The average molecular weight is 601 g/mol. The molecule has 2 amide bonds. The van der Waals surface area contributed by atoms with Gasteiger partial charge in [-0.15, -0.1) is 0 Å². The van der Waals surface area contributed by atoms with Crippen molar-refractivity contribution in [3.8, 4) is 0 Å². The van der Waals surface area contributed by atoms with E-state index in [0.29, 0.717) is 45.2 Å². The van der Waals surface area contributed by atoms with Crippen molar-refractivity contribution in [3.05, 3.63) is 35.9 Å². The van der Waals surface area contributed by atoms with Gasteiger partial charge in [0.25, 0.3) is 0 Å². The lowest BCUT2D eigenvalue weighted by Crippen LogP contribution is -2.52. The number of ketones is 2. The van der Waals surface area contributed by atoms with Crippen molar-refractivity contribution in [2.75, 3.05) is 32.9 Å². The van der Waals surface area contributed by atoms with Gasteiger partial charge in [0, 0.05) is 31.8 Å². The predicted octanol–water partition coefficient (Wildman–Crippen LogP) is 5.94. The molecule has 1 aromatic carbocycles. The molecule has 1 aliphatic carbocycles. The molecule has 0 bridgehead atoms. The Hall–Kier alpha value is -2.29. The second kappa shape index (κ2) is 16.7. The Bertz CT molecular complexity index is 1010. The van der Waals surface area contributed by atoms with Crippen molar-refractivity contribution in [3.63, 3.8) is 0 Å². The number of benzene rings is 1. The van der Waals surface area contributed by atoms with Gasteiger partial charge in [-0.05, 0) is 35.2 Å². The molecule has 8 nitrogen and oxygen atoms in total. The molecule has 0 spiro atoms. The molecule has 3 rings (SSSR count). The SMILES string of the molecule is CC(C)(C)CC(C)(C)CC(=O)C(O)[C@H](COCc1ccccc1)CC(=O)[C@H](CC1CCCCC1)NC(=O)N1CCOCC1. The van der Waals surface area contributed by atoms with Crippen molar-refractivity contribution in [1.82, 2.24) is 10.2 Å². The molecule has 1 saturated heterocycles. The van der Waals surface area contributed by atoms with Crippen LogP contribution in [0, 0.1) is 22.7 Å². The van der Waals surface area contributed by atoms with Gasteiger partial charge in [-0.25, -0.2) is 4.79 Å². The van der Waals surface area contributed by atoms with Gasteiger partial charge in [-0.3, -0.25) is 9.59 Å². The number of amides is 2. The molecule has 242 valence electrons. The summed E-state index contributed by atoms with van der Waals surface area (Å²) in [4.78, 5) is 42.3. The van der Waals surface area contributed by atoms with Crippen LogP contribution in [0.25, 0.3) is 0 Å². The summed E-state index contributed by atoms with van der Waals surface area (Å²) in [5.41, 5.74) is 0.715. The number of morpholine rings is 1. The number of nitrogens with zero attached hydrogens (tertiary/aromatic N) is 1. The van der Waals surface area contributed by atoms with Crippen LogP contribution < -0.4 is 5.32 Å². The molecule has 0 radical (unpaired) electrons. The minimum atomic E-state index is -1.33. The fraction of sp³-hybridized carbons (Fsp3) is 0.743. The summed E-state index contributed by atoms with van der Waals surface area (Å²) in [5.74, 6) is -0.758. The van der Waals surface area contributed by atoms with Gasteiger partial charge in [-0.2, -0.15) is 0 Å². The largest absolute Gasteiger partial charge is 0.385 e. The molecule has 8 heteroatoms. The highest BCUT2D eigenvalue weighted by atomic mass is 16.5. The Kier molecular flexibility index (Phi) is 13.7. The van der Waals surface area contributed by atoms with E-state index in [1.165, 1.54) is 6.42 Å². The van der Waals surface area contributed by atoms with Crippen LogP contribution in [-0.4, -0.2) is 72.7 Å². The second-order valence-electron chi connectivity index (χ2n) is 14.8. The van der Waals surface area contributed by atoms with E-state index in [4.69, 9.17) is 9.47 Å². The van der Waals surface area contributed by atoms with E-state index < -0.39 is 18.1 Å². The van der Waals surface area contributed by atoms with Crippen molar-refractivity contribution < 1.29 is 29.0 Å². The maximum Gasteiger partial charge on any atom is 0.318 e. The van der Waals surface area contributed by atoms with E-state index in [0.717, 1.165) is 37.7 Å². The van der Waals surface area contributed by atoms with Crippen LogP contribution in [0.3, 0.4) is 0 Å². The number of aliphatic hydroxyl groups is 1. The summed E-state index contributed by atoms with van der Waals surface area (Å²) in [7, 11) is 0. The molecule has 1 aliphatic heterocycles. The Morgan fingerprint density at radius 3 is 2.28 bits per heavy atom. The van der Waals surface area contributed by atoms with E-state index >= 15 is 0 Å². The number of ether oxygens (including phenoxy) is 2. The van der Waals surface area contributed by atoms with E-state index in [2.05, 4.69) is 39.9 Å². The third-order valence-corrected chi connectivity index (χ3v) is 8.62. The third kappa shape index (κ3) is 12.7. The van der Waals surface area contributed by atoms with Crippen LogP contribution in [0.4, 0.5) is 4.79 Å². The minimum absolute atomic E-state index is 0.0356. The van der Waals surface area contributed by atoms with Crippen LogP contribution in [-0.2, 0) is 25.7 Å². The molecule has 3 atom stereocenters. The van der Waals surface area contributed by atoms with Crippen molar-refractivity contribution >= 4 is 17.6 Å². The first-order valence-electron chi connectivity index (χ1n) is 16.3. The first-order valence-corrected chi connectivity index (χ1v) is 16.3. The number of nitrogens with one attached hydrogen (secondary N) is 1. The minimum Gasteiger partial charge on any atom is -0.385 e. The quantitative estimate of drug-likeness (QED) is 0.258. The zero-order chi connectivity index (χ0) is 31.5. The third-order valence-electron chi connectivity index (χ3n) is 8.62. The molecule has 1 unspecified atom stereocenters. The summed E-state index contributed by atoms with van der Waals surface area (Å²) in [6.07, 6.45) is 5.82. The first kappa shape index (κ1) is 35.2. The fourth-order valence-corrected chi connectivity index (χ4v) is 6.94. The normalized spacial score (nSPS) is 19.0. The van der Waals surface area contributed by atoms with Gasteiger partial charge in [-0.1, -0.05) is 97.1 Å². The van der Waals surface area contributed by atoms with Crippen molar-refractivity contribution in [1.29, 1.82) is 0 Å². The average Bonchev–Trinajstić information content (AvgIpc) is 2.95. The summed E-state index contributed by atoms with van der Waals surface area (Å²) in [5, 5.41) is 14.4. The first-order chi connectivity index (χ1) is 20.3. The molecule has 2 fully saturated rings. The van der Waals surface area contributed by atoms with Gasteiger partial charge in [0.05, 0.1) is 32.5 Å². The van der Waals surface area contributed by atoms with E-state index in [1.807, 2.05) is 30.3 Å². The lowest BCUT2D eigenvalue weighted by atomic mass is 9.72. The highest BCUT2D eigenvalue weighted by Gasteiger charge is 2.36. The zero-order valence-corrected chi connectivity index (χ0v) is 27.2. The van der Waals surface area contributed by atoms with Crippen molar-refractivity contribution in [2.24, 2.45) is 22.7 Å². The number of urea groups is 1. The van der Waals surface area contributed by atoms with Crippen LogP contribution in [0.2, 0.25) is 0 Å². The smallest absolute Gasteiger partial charge is 0.318 e. The molecule has 2 N–H and O–H groups in total. The Balaban J connectivity index is 1.74. The van der Waals surface area contributed by atoms with Crippen LogP contribution in [0.1, 0.15) is 98.0 Å². The lowest BCUT2D eigenvalue weighted by Gasteiger charge is -2.34. The maximum absolute atomic E-state index is 13.9. The summed E-state index contributed by atoms with van der Waals surface area (Å²) in [6, 6.07) is 8.79. The predicted molar refractivity (Wildman–Crippen MR) is 169 cm³/mol. The molecule has 1 aromatic rings. The monoisotopic (exact) mass is 600 g/mol. The van der Waals surface area contributed by atoms with Gasteiger partial charge < -0.3 is 24.8 Å². The lowest BCUT2D eigenvalue weighted by molar-refractivity contribution is -0.135. The number of hydrogen-bond donors (Lipinski definition) is 2. The molecule has 1 heterocycles. The van der Waals surface area contributed by atoms with Crippen LogP contribution in [0.5, 0.6) is 0 Å². The van der Waals surface area contributed by atoms with E-state index in [-0.39, 0.29) is 47.9 Å². The Morgan fingerprint density at radius 2 is 1.65 bits per heavy atom. The zero-order valence-electron chi connectivity index (χ0n) is 27.2. The summed E-state index contributed by atoms with van der Waals surface area (Å²) >= 11 is 0.